The van der Waals surface area contributed by atoms with E-state index in [1.165, 1.54) is 10.3 Å². The van der Waals surface area contributed by atoms with E-state index in [1.54, 1.807) is 23.2 Å². The number of fused-ring (bicyclic) bond motifs is 1. The molecular weight excluding hydrogens is 677 g/mol. The second-order valence-corrected chi connectivity index (χ2v) is 13.6. The van der Waals surface area contributed by atoms with Gasteiger partial charge in [-0.15, -0.1) is 11.3 Å². The standard InChI is InChI=1S/C34H31F6N3O3S2/c1-2-5-27-32(46-25-17-28(48-20-25)34(38,39)40,11-4-13-43(27)30(44)29-26(33(35,36)37)6-3-12-41-29)31(45)42-14-9-22-16-21(7-8-23(22)18-42)24-10-15-47-19-24/h3,6-8,10,12,15-17,19-20,27H,2,4-5,9,11,13-14,18H2,1H3/t27-,32+/m1/s1. The molecule has 0 radical (unpaired) electrons. The summed E-state index contributed by atoms with van der Waals surface area (Å²) in [5, 5.41) is 5.20. The number of nitrogens with zero attached hydrogens (tertiary/aromatic N) is 3. The van der Waals surface area contributed by atoms with E-state index in [0.29, 0.717) is 24.2 Å². The molecule has 1 aromatic carbocycles. The Kier molecular flexibility index (Phi) is 9.33. The van der Waals surface area contributed by atoms with Crippen molar-refractivity contribution in [3.05, 3.63) is 92.1 Å². The summed E-state index contributed by atoms with van der Waals surface area (Å²) in [6, 6.07) is 9.61. The molecule has 254 valence electrons. The minimum absolute atomic E-state index is 0.0153. The van der Waals surface area contributed by atoms with Gasteiger partial charge in [0.15, 0.2) is 0 Å². The van der Waals surface area contributed by atoms with Crippen molar-refractivity contribution in [1.29, 1.82) is 0 Å². The lowest BCUT2D eigenvalue weighted by Crippen LogP contribution is -2.68. The first-order valence-electron chi connectivity index (χ1n) is 15.4. The number of carbonyl (C=O) groups excluding carboxylic acids is 2. The summed E-state index contributed by atoms with van der Waals surface area (Å²) in [5.41, 5.74) is 0.204. The minimum Gasteiger partial charge on any atom is -0.474 e. The second-order valence-electron chi connectivity index (χ2n) is 11.9. The Hall–Kier alpha value is -3.91. The van der Waals surface area contributed by atoms with Gasteiger partial charge in [0, 0.05) is 43.7 Å². The number of pyridine rings is 1. The van der Waals surface area contributed by atoms with E-state index in [4.69, 9.17) is 4.74 Å². The van der Waals surface area contributed by atoms with Gasteiger partial charge in [-0.3, -0.25) is 14.6 Å². The molecule has 0 unspecified atom stereocenters. The predicted octanol–water partition coefficient (Wildman–Crippen LogP) is 8.72. The van der Waals surface area contributed by atoms with Crippen LogP contribution in [0.25, 0.3) is 11.1 Å². The predicted molar refractivity (Wildman–Crippen MR) is 170 cm³/mol. The summed E-state index contributed by atoms with van der Waals surface area (Å²) >= 11 is 2.00. The third kappa shape index (κ3) is 6.56. The van der Waals surface area contributed by atoms with E-state index in [0.717, 1.165) is 46.6 Å². The first-order chi connectivity index (χ1) is 22.8. The number of carbonyl (C=O) groups is 2. The van der Waals surface area contributed by atoms with E-state index in [1.807, 2.05) is 29.0 Å². The Morgan fingerprint density at radius 3 is 2.50 bits per heavy atom. The Morgan fingerprint density at radius 1 is 1.00 bits per heavy atom. The van der Waals surface area contributed by atoms with E-state index in [9.17, 15) is 35.9 Å². The summed E-state index contributed by atoms with van der Waals surface area (Å²) in [5.74, 6) is -1.74. The van der Waals surface area contributed by atoms with Gasteiger partial charge >= 0.3 is 12.4 Å². The summed E-state index contributed by atoms with van der Waals surface area (Å²) in [4.78, 5) is 34.4. The van der Waals surface area contributed by atoms with Crippen LogP contribution in [0.2, 0.25) is 0 Å². The maximum absolute atomic E-state index is 14.8. The fourth-order valence-corrected chi connectivity index (χ4v) is 8.02. The topological polar surface area (TPSA) is 62.7 Å². The van der Waals surface area contributed by atoms with Gasteiger partial charge in [0.05, 0.1) is 11.6 Å². The van der Waals surface area contributed by atoms with Crippen molar-refractivity contribution in [2.75, 3.05) is 13.1 Å². The molecule has 14 heteroatoms. The van der Waals surface area contributed by atoms with Crippen LogP contribution in [0.15, 0.2) is 64.8 Å². The number of amides is 2. The van der Waals surface area contributed by atoms with Crippen molar-refractivity contribution in [1.82, 2.24) is 14.8 Å². The zero-order chi connectivity index (χ0) is 34.3. The van der Waals surface area contributed by atoms with Crippen LogP contribution in [0.1, 0.15) is 64.7 Å². The van der Waals surface area contributed by atoms with Gasteiger partial charge in [-0.2, -0.15) is 37.7 Å². The van der Waals surface area contributed by atoms with Crippen LogP contribution in [0.3, 0.4) is 0 Å². The largest absolute Gasteiger partial charge is 0.474 e. The van der Waals surface area contributed by atoms with Crippen molar-refractivity contribution in [2.24, 2.45) is 0 Å². The van der Waals surface area contributed by atoms with Crippen LogP contribution >= 0.6 is 22.7 Å². The molecule has 1 fully saturated rings. The maximum atomic E-state index is 14.8. The SMILES string of the molecule is CCC[C@H]1N(C(=O)c2ncccc2C(F)(F)F)CCC[C@@]1(Oc1csc(C(F)(F)F)c1)C(=O)N1CCc2cc(-c3ccsc3)ccc2C1. The summed E-state index contributed by atoms with van der Waals surface area (Å²) < 4.78 is 89.1. The average molecular weight is 708 g/mol. The number of halogens is 6. The number of hydrogen-bond donors (Lipinski definition) is 0. The van der Waals surface area contributed by atoms with Gasteiger partial charge in [0.1, 0.15) is 16.3 Å². The number of alkyl halides is 6. The van der Waals surface area contributed by atoms with Crippen LogP contribution in [0.5, 0.6) is 5.75 Å². The molecule has 0 aliphatic carbocycles. The van der Waals surface area contributed by atoms with Gasteiger partial charge in [0.25, 0.3) is 11.8 Å². The maximum Gasteiger partial charge on any atom is 0.425 e. The van der Waals surface area contributed by atoms with Crippen LogP contribution in [0, 0.1) is 0 Å². The number of likely N-dealkylation sites (tertiary alicyclic amines) is 1. The number of piperidine rings is 1. The number of benzene rings is 1. The monoisotopic (exact) mass is 707 g/mol. The molecule has 0 bridgehead atoms. The fourth-order valence-electron chi connectivity index (χ4n) is 6.68. The third-order valence-electron chi connectivity index (χ3n) is 8.88. The number of aromatic nitrogens is 1. The highest BCUT2D eigenvalue weighted by Gasteiger charge is 2.56. The molecule has 0 N–H and O–H groups in total. The molecule has 6 rings (SSSR count). The molecule has 48 heavy (non-hydrogen) atoms. The zero-order valence-corrected chi connectivity index (χ0v) is 27.4. The molecule has 2 aliphatic rings. The molecule has 3 aromatic heterocycles. The number of rotatable bonds is 7. The third-order valence-corrected chi connectivity index (χ3v) is 10.5. The zero-order valence-electron chi connectivity index (χ0n) is 25.7. The Bertz CT molecular complexity index is 1790. The van der Waals surface area contributed by atoms with Crippen molar-refractivity contribution >= 4 is 34.5 Å². The average Bonchev–Trinajstić information content (AvgIpc) is 3.77. The first-order valence-corrected chi connectivity index (χ1v) is 17.3. The first kappa shape index (κ1) is 34.0. The molecule has 5 heterocycles. The van der Waals surface area contributed by atoms with E-state index >= 15 is 0 Å². The van der Waals surface area contributed by atoms with Crippen molar-refractivity contribution in [2.45, 2.75) is 69.6 Å². The molecule has 0 spiro atoms. The lowest BCUT2D eigenvalue weighted by Gasteiger charge is -2.50. The van der Waals surface area contributed by atoms with Gasteiger partial charge in [0.2, 0.25) is 5.60 Å². The number of ether oxygens (including phenoxy) is 1. The highest BCUT2D eigenvalue weighted by atomic mass is 32.1. The molecule has 0 saturated carbocycles. The Balaban J connectivity index is 1.39. The van der Waals surface area contributed by atoms with Gasteiger partial charge in [-0.1, -0.05) is 31.5 Å². The number of thiophene rings is 2. The molecule has 4 aromatic rings. The van der Waals surface area contributed by atoms with Crippen LogP contribution in [-0.4, -0.2) is 51.3 Å². The Labute approximate surface area is 281 Å². The van der Waals surface area contributed by atoms with Gasteiger partial charge in [-0.05, 0) is 70.5 Å². The Morgan fingerprint density at radius 2 is 1.81 bits per heavy atom. The van der Waals surface area contributed by atoms with E-state index in [-0.39, 0.29) is 44.6 Å². The molecule has 2 atom stereocenters. The van der Waals surface area contributed by atoms with E-state index in [2.05, 4.69) is 11.1 Å². The molecule has 6 nitrogen and oxygen atoms in total. The number of hydrogen-bond acceptors (Lipinski definition) is 6. The molecule has 2 aliphatic heterocycles. The summed E-state index contributed by atoms with van der Waals surface area (Å²) in [6.45, 7) is 2.29. The lowest BCUT2D eigenvalue weighted by molar-refractivity contribution is -0.160. The van der Waals surface area contributed by atoms with Crippen molar-refractivity contribution in [3.8, 4) is 16.9 Å². The summed E-state index contributed by atoms with van der Waals surface area (Å²) in [7, 11) is 0. The molecular formula is C34H31F6N3O3S2. The van der Waals surface area contributed by atoms with Crippen LogP contribution < -0.4 is 4.74 Å². The second kappa shape index (κ2) is 13.2. The summed E-state index contributed by atoms with van der Waals surface area (Å²) in [6.07, 6.45) is -7.14. The van der Waals surface area contributed by atoms with E-state index < -0.39 is 51.9 Å². The van der Waals surface area contributed by atoms with Crippen LogP contribution in [-0.2, 0) is 30.1 Å². The normalized spacial score (nSPS) is 20.0. The smallest absolute Gasteiger partial charge is 0.425 e. The fraction of sp³-hybridized carbons (Fsp3) is 0.382. The highest BCUT2D eigenvalue weighted by Crippen LogP contribution is 2.43. The van der Waals surface area contributed by atoms with Crippen LogP contribution in [0.4, 0.5) is 26.3 Å². The molecule has 2 amide bonds. The lowest BCUT2D eigenvalue weighted by atomic mass is 9.79. The van der Waals surface area contributed by atoms with Crippen molar-refractivity contribution in [3.63, 3.8) is 0 Å². The van der Waals surface area contributed by atoms with Gasteiger partial charge < -0.3 is 14.5 Å². The van der Waals surface area contributed by atoms with Crippen molar-refractivity contribution < 1.29 is 40.7 Å². The minimum atomic E-state index is -4.87. The highest BCUT2D eigenvalue weighted by molar-refractivity contribution is 7.10. The molecule has 1 saturated heterocycles. The quantitative estimate of drug-likeness (QED) is 0.180. The van der Waals surface area contributed by atoms with Gasteiger partial charge in [-0.25, -0.2) is 0 Å².